The van der Waals surface area contributed by atoms with Gasteiger partial charge in [-0.25, -0.2) is 0 Å². The molecule has 2 unspecified atom stereocenters. The Labute approximate surface area is 105 Å². The van der Waals surface area contributed by atoms with Crippen LogP contribution in [-0.4, -0.2) is 27.2 Å². The minimum absolute atomic E-state index is 0.626. The van der Waals surface area contributed by atoms with Crippen molar-refractivity contribution in [1.29, 1.82) is 0 Å². The van der Waals surface area contributed by atoms with Crippen LogP contribution in [0.4, 0.5) is 0 Å². The zero-order valence-electron chi connectivity index (χ0n) is 9.67. The summed E-state index contributed by atoms with van der Waals surface area (Å²) in [7, 11) is 0. The van der Waals surface area contributed by atoms with Crippen molar-refractivity contribution < 1.29 is 0 Å². The second kappa shape index (κ2) is 5.04. The second-order valence-corrected chi connectivity index (χ2v) is 5.60. The Bertz CT molecular complexity index is 406. The van der Waals surface area contributed by atoms with Gasteiger partial charge in [-0.1, -0.05) is 18.2 Å². The van der Waals surface area contributed by atoms with Crippen LogP contribution in [0.15, 0.2) is 23.3 Å². The monoisotopic (exact) mass is 248 g/mol. The van der Waals surface area contributed by atoms with E-state index in [1.165, 1.54) is 25.0 Å². The fourth-order valence-electron chi connectivity index (χ4n) is 2.47. The third-order valence-electron chi connectivity index (χ3n) is 3.41. The highest BCUT2D eigenvalue weighted by molar-refractivity contribution is 8.13. The fourth-order valence-corrected chi connectivity index (χ4v) is 3.64. The zero-order valence-corrected chi connectivity index (χ0v) is 10.5. The van der Waals surface area contributed by atoms with Crippen molar-refractivity contribution in [3.05, 3.63) is 24.0 Å². The molecule has 2 heterocycles. The van der Waals surface area contributed by atoms with E-state index in [1.807, 2.05) is 23.9 Å². The van der Waals surface area contributed by atoms with Crippen LogP contribution in [0.5, 0.6) is 0 Å². The van der Waals surface area contributed by atoms with E-state index in [-0.39, 0.29) is 0 Å². The first-order valence-corrected chi connectivity index (χ1v) is 7.11. The maximum atomic E-state index is 4.58. The van der Waals surface area contributed by atoms with Gasteiger partial charge in [0.05, 0.1) is 12.2 Å². The van der Waals surface area contributed by atoms with Crippen LogP contribution in [0.3, 0.4) is 0 Å². The lowest BCUT2D eigenvalue weighted by molar-refractivity contribution is 0.489. The molecule has 1 aliphatic carbocycles. The number of fused-ring (bicyclic) bond motifs is 1. The van der Waals surface area contributed by atoms with Crippen LogP contribution in [0.2, 0.25) is 0 Å². The van der Waals surface area contributed by atoms with E-state index in [0.717, 1.165) is 16.8 Å². The molecular formula is C12H16N4S. The van der Waals surface area contributed by atoms with Crippen LogP contribution in [-0.2, 0) is 6.54 Å². The van der Waals surface area contributed by atoms with E-state index >= 15 is 0 Å². The van der Waals surface area contributed by atoms with Gasteiger partial charge in [-0.2, -0.15) is 10.2 Å². The first-order chi connectivity index (χ1) is 8.42. The van der Waals surface area contributed by atoms with Crippen molar-refractivity contribution >= 4 is 16.9 Å². The lowest BCUT2D eigenvalue weighted by Crippen LogP contribution is -2.41. The van der Waals surface area contributed by atoms with Crippen LogP contribution >= 0.6 is 11.8 Å². The van der Waals surface area contributed by atoms with Gasteiger partial charge in [-0.3, -0.25) is 4.99 Å². The quantitative estimate of drug-likeness (QED) is 0.867. The predicted octanol–water partition coefficient (Wildman–Crippen LogP) is 1.84. The van der Waals surface area contributed by atoms with Crippen LogP contribution in [0.1, 0.15) is 25.0 Å². The van der Waals surface area contributed by atoms with Gasteiger partial charge in [-0.05, 0) is 30.9 Å². The standard InChI is InChI=1S/C12H16N4S/c1-3-9-8-17-12(15-11(9)5-1)13-7-10-4-2-6-14-16-10/h2,4,6,9,11H,1,3,5,7-8H2,(H,13,15). The molecule has 0 bridgehead atoms. The van der Waals surface area contributed by atoms with Gasteiger partial charge < -0.3 is 5.32 Å². The Morgan fingerprint density at radius 2 is 2.47 bits per heavy atom. The maximum absolute atomic E-state index is 4.58. The van der Waals surface area contributed by atoms with Gasteiger partial charge >= 0.3 is 0 Å². The minimum atomic E-state index is 0.626. The number of nitrogens with zero attached hydrogens (tertiary/aromatic N) is 3. The molecule has 4 nitrogen and oxygen atoms in total. The molecule has 2 atom stereocenters. The Morgan fingerprint density at radius 1 is 1.47 bits per heavy atom. The molecule has 0 radical (unpaired) electrons. The number of aliphatic imine (C=N–C) groups is 1. The molecule has 0 aromatic carbocycles. The average Bonchev–Trinajstić information content (AvgIpc) is 2.85. The third-order valence-corrected chi connectivity index (χ3v) is 4.53. The zero-order chi connectivity index (χ0) is 11.5. The van der Waals surface area contributed by atoms with E-state index in [0.29, 0.717) is 12.6 Å². The van der Waals surface area contributed by atoms with E-state index in [9.17, 15) is 0 Å². The molecule has 0 spiro atoms. The molecule has 90 valence electrons. The minimum Gasteiger partial charge on any atom is -0.362 e. The topological polar surface area (TPSA) is 50.2 Å². The van der Waals surface area contributed by atoms with Crippen molar-refractivity contribution in [1.82, 2.24) is 15.5 Å². The fraction of sp³-hybridized carbons (Fsp3) is 0.583. The van der Waals surface area contributed by atoms with E-state index in [2.05, 4.69) is 20.5 Å². The first kappa shape index (κ1) is 11.0. The summed E-state index contributed by atoms with van der Waals surface area (Å²) < 4.78 is 0. The van der Waals surface area contributed by atoms with Gasteiger partial charge in [0.1, 0.15) is 0 Å². The molecule has 1 aromatic heterocycles. The number of nitrogens with one attached hydrogen (secondary N) is 1. The summed E-state index contributed by atoms with van der Waals surface area (Å²) >= 11 is 1.85. The lowest BCUT2D eigenvalue weighted by atomic mass is 10.1. The molecule has 1 saturated carbocycles. The third kappa shape index (κ3) is 2.60. The number of thioether (sulfide) groups is 1. The summed E-state index contributed by atoms with van der Waals surface area (Å²) in [6.07, 6.45) is 5.73. The second-order valence-electron chi connectivity index (χ2n) is 4.59. The molecule has 0 amide bonds. The molecule has 1 N–H and O–H groups in total. The van der Waals surface area contributed by atoms with E-state index < -0.39 is 0 Å². The molecular weight excluding hydrogens is 232 g/mol. The summed E-state index contributed by atoms with van der Waals surface area (Å²) in [6.45, 7) is 0.626. The summed E-state index contributed by atoms with van der Waals surface area (Å²) in [4.78, 5) is 4.58. The van der Waals surface area contributed by atoms with Gasteiger partial charge in [0.25, 0.3) is 0 Å². The van der Waals surface area contributed by atoms with Gasteiger partial charge in [0.15, 0.2) is 5.17 Å². The van der Waals surface area contributed by atoms with Crippen LogP contribution in [0, 0.1) is 5.92 Å². The highest BCUT2D eigenvalue weighted by Crippen LogP contribution is 2.32. The molecule has 1 aliphatic heterocycles. The number of amidine groups is 1. The highest BCUT2D eigenvalue weighted by atomic mass is 32.2. The maximum Gasteiger partial charge on any atom is 0.157 e. The number of hydrogen-bond acceptors (Lipinski definition) is 4. The normalized spacial score (nSPS) is 30.0. The molecule has 17 heavy (non-hydrogen) atoms. The van der Waals surface area contributed by atoms with Crippen LogP contribution < -0.4 is 5.32 Å². The first-order valence-electron chi connectivity index (χ1n) is 6.12. The molecule has 5 heteroatoms. The Morgan fingerprint density at radius 3 is 3.35 bits per heavy atom. The molecule has 2 aliphatic rings. The highest BCUT2D eigenvalue weighted by Gasteiger charge is 2.31. The van der Waals surface area contributed by atoms with Gasteiger partial charge in [0.2, 0.25) is 0 Å². The Kier molecular flexibility index (Phi) is 3.27. The van der Waals surface area contributed by atoms with Crippen molar-refractivity contribution in [2.24, 2.45) is 10.9 Å². The molecule has 1 aromatic rings. The lowest BCUT2D eigenvalue weighted by Gasteiger charge is -2.27. The van der Waals surface area contributed by atoms with Gasteiger partial charge in [0, 0.05) is 18.0 Å². The molecule has 1 saturated heterocycles. The van der Waals surface area contributed by atoms with Crippen molar-refractivity contribution in [2.75, 3.05) is 5.75 Å². The van der Waals surface area contributed by atoms with Crippen molar-refractivity contribution in [2.45, 2.75) is 31.8 Å². The Hall–Kier alpha value is -1.10. The van der Waals surface area contributed by atoms with E-state index in [1.54, 1.807) is 6.20 Å². The molecule has 2 fully saturated rings. The number of hydrogen-bond donors (Lipinski definition) is 1. The summed E-state index contributed by atoms with van der Waals surface area (Å²) in [5.74, 6) is 2.08. The van der Waals surface area contributed by atoms with Crippen LogP contribution in [0.25, 0.3) is 0 Å². The number of aromatic nitrogens is 2. The van der Waals surface area contributed by atoms with Crippen molar-refractivity contribution in [3.8, 4) is 0 Å². The predicted molar refractivity (Wildman–Crippen MR) is 69.9 cm³/mol. The van der Waals surface area contributed by atoms with Crippen molar-refractivity contribution in [3.63, 3.8) is 0 Å². The summed E-state index contributed by atoms with van der Waals surface area (Å²) in [5.41, 5.74) is 0.927. The van der Waals surface area contributed by atoms with E-state index in [4.69, 9.17) is 0 Å². The smallest absolute Gasteiger partial charge is 0.157 e. The number of rotatable bonds is 2. The summed E-state index contributed by atoms with van der Waals surface area (Å²) in [6, 6.07) is 4.52. The average molecular weight is 248 g/mol. The largest absolute Gasteiger partial charge is 0.362 e. The van der Waals surface area contributed by atoms with Gasteiger partial charge in [-0.15, -0.1) is 0 Å². The Balaban J connectivity index is 1.61. The SMILES string of the molecule is c1cnnc(CN=C2NC3CCCC3CS2)c1. The summed E-state index contributed by atoms with van der Waals surface area (Å²) in [5, 5.41) is 12.5. The molecule has 3 rings (SSSR count).